The van der Waals surface area contributed by atoms with E-state index in [2.05, 4.69) is 15.0 Å². The van der Waals surface area contributed by atoms with Crippen molar-refractivity contribution in [3.63, 3.8) is 0 Å². The number of aromatic nitrogens is 3. The van der Waals surface area contributed by atoms with Gasteiger partial charge < -0.3 is 0 Å². The Morgan fingerprint density at radius 1 is 1.29 bits per heavy atom. The second-order valence-electron chi connectivity index (χ2n) is 3.31. The van der Waals surface area contributed by atoms with Crippen molar-refractivity contribution in [3.05, 3.63) is 45.6 Å². The molecule has 0 saturated heterocycles. The molecule has 17 heavy (non-hydrogen) atoms. The highest BCUT2D eigenvalue weighted by Gasteiger charge is 2.22. The number of aryl methyl sites for hydroxylation is 1. The quantitative estimate of drug-likeness (QED) is 0.464. The predicted octanol–water partition coefficient (Wildman–Crippen LogP) is 2.41. The number of hydrogen-bond donors (Lipinski definition) is 0. The molecule has 6 nitrogen and oxygen atoms in total. The predicted molar refractivity (Wildman–Crippen MR) is 61.7 cm³/mol. The number of pyridine rings is 1. The van der Waals surface area contributed by atoms with Crippen LogP contribution in [0.5, 0.6) is 0 Å². The fourth-order valence-electron chi connectivity index (χ4n) is 1.34. The van der Waals surface area contributed by atoms with Gasteiger partial charge in [-0.05, 0) is 19.1 Å². The second kappa shape index (κ2) is 4.42. The van der Waals surface area contributed by atoms with E-state index >= 15 is 0 Å². The Kier molecular flexibility index (Phi) is 2.97. The van der Waals surface area contributed by atoms with E-state index in [4.69, 9.17) is 11.6 Å². The van der Waals surface area contributed by atoms with Gasteiger partial charge in [0.25, 0.3) is 0 Å². The molecule has 7 heteroatoms. The van der Waals surface area contributed by atoms with Crippen LogP contribution in [0.3, 0.4) is 0 Å². The summed E-state index contributed by atoms with van der Waals surface area (Å²) in [5, 5.41) is 10.7. The average molecular weight is 251 g/mol. The SMILES string of the molecule is Cc1ccc(-c2ncnc(Cl)c2[N+](=O)[O-])cn1. The molecule has 0 unspecified atom stereocenters. The third kappa shape index (κ3) is 2.21. The number of nitro groups is 1. The van der Waals surface area contributed by atoms with Crippen LogP contribution in [0, 0.1) is 17.0 Å². The molecule has 0 radical (unpaired) electrons. The Hall–Kier alpha value is -2.08. The molecule has 2 aromatic heterocycles. The average Bonchev–Trinajstić information content (AvgIpc) is 2.29. The lowest BCUT2D eigenvalue weighted by atomic mass is 10.1. The molecule has 2 heterocycles. The third-order valence-electron chi connectivity index (χ3n) is 2.14. The van der Waals surface area contributed by atoms with Gasteiger partial charge in [0.1, 0.15) is 6.33 Å². The minimum absolute atomic E-state index is 0.169. The molecule has 0 N–H and O–H groups in total. The molecule has 0 amide bonds. The van der Waals surface area contributed by atoms with Crippen molar-refractivity contribution in [2.75, 3.05) is 0 Å². The largest absolute Gasteiger partial charge is 0.332 e. The summed E-state index contributed by atoms with van der Waals surface area (Å²) in [5.41, 5.74) is 1.21. The summed E-state index contributed by atoms with van der Waals surface area (Å²) in [6.07, 6.45) is 2.70. The van der Waals surface area contributed by atoms with E-state index in [9.17, 15) is 10.1 Å². The standard InChI is InChI=1S/C10H7ClN4O2/c1-6-2-3-7(4-12-6)8-9(15(16)17)10(11)14-5-13-8/h2-5H,1H3. The van der Waals surface area contributed by atoms with Crippen LogP contribution < -0.4 is 0 Å². The molecule has 0 atom stereocenters. The Bertz CT molecular complexity index is 571. The van der Waals surface area contributed by atoms with Crippen molar-refractivity contribution in [2.24, 2.45) is 0 Å². The zero-order valence-electron chi connectivity index (χ0n) is 8.79. The molecule has 0 spiro atoms. The van der Waals surface area contributed by atoms with Gasteiger partial charge in [-0.3, -0.25) is 15.1 Å². The minimum atomic E-state index is -0.600. The normalized spacial score (nSPS) is 10.2. The van der Waals surface area contributed by atoms with Gasteiger partial charge in [0, 0.05) is 17.5 Å². The topological polar surface area (TPSA) is 81.8 Å². The highest BCUT2D eigenvalue weighted by molar-refractivity contribution is 6.31. The van der Waals surface area contributed by atoms with Crippen molar-refractivity contribution in [2.45, 2.75) is 6.92 Å². The van der Waals surface area contributed by atoms with E-state index in [1.54, 1.807) is 12.1 Å². The van der Waals surface area contributed by atoms with Crippen LogP contribution in [-0.2, 0) is 0 Å². The molecule has 0 aromatic carbocycles. The number of hydrogen-bond acceptors (Lipinski definition) is 5. The molecular formula is C10H7ClN4O2. The summed E-state index contributed by atoms with van der Waals surface area (Å²) in [4.78, 5) is 21.8. The van der Waals surface area contributed by atoms with Crippen molar-refractivity contribution >= 4 is 17.3 Å². The lowest BCUT2D eigenvalue weighted by Gasteiger charge is -2.02. The molecule has 0 bridgehead atoms. The van der Waals surface area contributed by atoms with E-state index < -0.39 is 4.92 Å². The van der Waals surface area contributed by atoms with Crippen LogP contribution in [0.4, 0.5) is 5.69 Å². The first-order chi connectivity index (χ1) is 8.09. The molecule has 0 fully saturated rings. The Labute approximate surface area is 101 Å². The van der Waals surface area contributed by atoms with Gasteiger partial charge in [-0.1, -0.05) is 11.6 Å². The highest BCUT2D eigenvalue weighted by Crippen LogP contribution is 2.31. The van der Waals surface area contributed by atoms with Crippen molar-refractivity contribution in [1.82, 2.24) is 15.0 Å². The van der Waals surface area contributed by atoms with Crippen LogP contribution in [0.2, 0.25) is 5.15 Å². The van der Waals surface area contributed by atoms with E-state index in [-0.39, 0.29) is 16.5 Å². The highest BCUT2D eigenvalue weighted by atomic mass is 35.5. The first-order valence-electron chi connectivity index (χ1n) is 4.67. The van der Waals surface area contributed by atoms with Crippen LogP contribution in [0.15, 0.2) is 24.7 Å². The zero-order chi connectivity index (χ0) is 12.4. The maximum Gasteiger partial charge on any atom is 0.332 e. The lowest BCUT2D eigenvalue weighted by molar-refractivity contribution is -0.384. The van der Waals surface area contributed by atoms with Crippen molar-refractivity contribution < 1.29 is 4.92 Å². The first-order valence-corrected chi connectivity index (χ1v) is 5.05. The summed E-state index contributed by atoms with van der Waals surface area (Å²) in [7, 11) is 0. The van der Waals surface area contributed by atoms with Crippen LogP contribution in [0.25, 0.3) is 11.3 Å². The van der Waals surface area contributed by atoms with Crippen molar-refractivity contribution in [3.8, 4) is 11.3 Å². The maximum atomic E-state index is 10.9. The second-order valence-corrected chi connectivity index (χ2v) is 3.67. The molecule has 2 rings (SSSR count). The van der Waals surface area contributed by atoms with Gasteiger partial charge in [-0.15, -0.1) is 0 Å². The fourth-order valence-corrected chi connectivity index (χ4v) is 1.54. The van der Waals surface area contributed by atoms with Crippen LogP contribution in [0.1, 0.15) is 5.69 Å². The van der Waals surface area contributed by atoms with Gasteiger partial charge in [0.2, 0.25) is 5.15 Å². The van der Waals surface area contributed by atoms with Gasteiger partial charge in [-0.2, -0.15) is 0 Å². The summed E-state index contributed by atoms with van der Waals surface area (Å²) in [5.74, 6) is 0. The first kappa shape index (κ1) is 11.4. The lowest BCUT2D eigenvalue weighted by Crippen LogP contribution is -1.98. The van der Waals surface area contributed by atoms with E-state index in [1.165, 1.54) is 12.5 Å². The minimum Gasteiger partial charge on any atom is -0.261 e. The molecular weight excluding hydrogens is 244 g/mol. The Morgan fingerprint density at radius 3 is 2.65 bits per heavy atom. The number of halogens is 1. The van der Waals surface area contributed by atoms with Gasteiger partial charge >= 0.3 is 5.69 Å². The summed E-state index contributed by atoms with van der Waals surface area (Å²) >= 11 is 5.69. The summed E-state index contributed by atoms with van der Waals surface area (Å²) < 4.78 is 0. The zero-order valence-corrected chi connectivity index (χ0v) is 9.55. The summed E-state index contributed by atoms with van der Waals surface area (Å²) in [6.45, 7) is 1.82. The van der Waals surface area contributed by atoms with Crippen molar-refractivity contribution in [1.29, 1.82) is 0 Å². The van der Waals surface area contributed by atoms with E-state index in [0.29, 0.717) is 5.56 Å². The van der Waals surface area contributed by atoms with Gasteiger partial charge in [0.05, 0.1) is 4.92 Å². The Balaban J connectivity index is 2.63. The van der Waals surface area contributed by atoms with E-state index in [0.717, 1.165) is 5.69 Å². The van der Waals surface area contributed by atoms with E-state index in [1.807, 2.05) is 6.92 Å². The molecule has 2 aromatic rings. The maximum absolute atomic E-state index is 10.9. The fraction of sp³-hybridized carbons (Fsp3) is 0.100. The van der Waals surface area contributed by atoms with Gasteiger partial charge in [-0.25, -0.2) is 9.97 Å². The summed E-state index contributed by atoms with van der Waals surface area (Å²) in [6, 6.07) is 3.45. The third-order valence-corrected chi connectivity index (χ3v) is 2.42. The molecule has 86 valence electrons. The molecule has 0 saturated carbocycles. The smallest absolute Gasteiger partial charge is 0.261 e. The monoisotopic (exact) mass is 250 g/mol. The van der Waals surface area contributed by atoms with Gasteiger partial charge in [0.15, 0.2) is 5.69 Å². The van der Waals surface area contributed by atoms with Crippen LogP contribution >= 0.6 is 11.6 Å². The molecule has 0 aliphatic carbocycles. The molecule has 0 aliphatic heterocycles. The number of nitrogens with zero attached hydrogens (tertiary/aromatic N) is 4. The number of rotatable bonds is 2. The Morgan fingerprint density at radius 2 is 2.06 bits per heavy atom. The molecule has 0 aliphatic rings. The van der Waals surface area contributed by atoms with Crippen LogP contribution in [-0.4, -0.2) is 19.9 Å².